The largest absolute Gasteiger partial charge is 0.487 e. The SMILES string of the molecule is CCOC(=O)CN1CCC(C#N)(c2ccc(OC(C)C)c(OC3CCCC3)c2)CC1. The Morgan fingerprint density at radius 3 is 2.53 bits per heavy atom. The van der Waals surface area contributed by atoms with E-state index >= 15 is 0 Å². The van der Waals surface area contributed by atoms with Crippen LogP contribution in [0.15, 0.2) is 18.2 Å². The lowest BCUT2D eigenvalue weighted by Crippen LogP contribution is -2.44. The third-order valence-electron chi connectivity index (χ3n) is 6.04. The number of hydrogen-bond acceptors (Lipinski definition) is 6. The lowest BCUT2D eigenvalue weighted by Gasteiger charge is -2.37. The van der Waals surface area contributed by atoms with Crippen molar-refractivity contribution in [2.75, 3.05) is 26.2 Å². The lowest BCUT2D eigenvalue weighted by molar-refractivity contribution is -0.144. The molecule has 0 aromatic heterocycles. The van der Waals surface area contributed by atoms with Crippen LogP contribution in [0.5, 0.6) is 11.5 Å². The Labute approximate surface area is 180 Å². The van der Waals surface area contributed by atoms with Gasteiger partial charge in [-0.1, -0.05) is 6.07 Å². The molecule has 164 valence electrons. The zero-order valence-corrected chi connectivity index (χ0v) is 18.5. The maximum Gasteiger partial charge on any atom is 0.320 e. The van der Waals surface area contributed by atoms with Gasteiger partial charge in [0.1, 0.15) is 0 Å². The predicted molar refractivity (Wildman–Crippen MR) is 115 cm³/mol. The van der Waals surface area contributed by atoms with Crippen LogP contribution in [0.4, 0.5) is 0 Å². The molecule has 1 saturated carbocycles. The fourth-order valence-electron chi connectivity index (χ4n) is 4.38. The van der Waals surface area contributed by atoms with Crippen molar-refractivity contribution >= 4 is 5.97 Å². The van der Waals surface area contributed by atoms with Gasteiger partial charge in [-0.2, -0.15) is 5.26 Å². The van der Waals surface area contributed by atoms with Gasteiger partial charge in [0.2, 0.25) is 0 Å². The van der Waals surface area contributed by atoms with Gasteiger partial charge in [0.05, 0.1) is 36.8 Å². The van der Waals surface area contributed by atoms with E-state index in [9.17, 15) is 10.1 Å². The summed E-state index contributed by atoms with van der Waals surface area (Å²) in [5.74, 6) is 1.29. The zero-order valence-electron chi connectivity index (χ0n) is 18.5. The van der Waals surface area contributed by atoms with Crippen LogP contribution < -0.4 is 9.47 Å². The minimum Gasteiger partial charge on any atom is -0.487 e. The van der Waals surface area contributed by atoms with Crippen molar-refractivity contribution in [1.82, 2.24) is 4.90 Å². The lowest BCUT2D eigenvalue weighted by atomic mass is 9.74. The standard InChI is InChI=1S/C24H34N2O4/c1-4-28-23(27)16-26-13-11-24(17-25,12-14-26)19-9-10-21(29-18(2)3)22(15-19)30-20-7-5-6-8-20/h9-10,15,18,20H,4-8,11-14,16H2,1-3H3. The Morgan fingerprint density at radius 1 is 1.23 bits per heavy atom. The van der Waals surface area contributed by atoms with Crippen molar-refractivity contribution in [2.45, 2.75) is 76.9 Å². The molecule has 0 bridgehead atoms. The van der Waals surface area contributed by atoms with Crippen LogP contribution in [-0.2, 0) is 14.9 Å². The minimum atomic E-state index is -0.574. The Kier molecular flexibility index (Phi) is 7.60. The molecule has 0 radical (unpaired) electrons. The Bertz CT molecular complexity index is 757. The molecule has 2 fully saturated rings. The number of carbonyl (C=O) groups is 1. The maximum absolute atomic E-state index is 11.8. The average molecular weight is 415 g/mol. The molecule has 3 rings (SSSR count). The first-order valence-corrected chi connectivity index (χ1v) is 11.2. The predicted octanol–water partition coefficient (Wildman–Crippen LogP) is 4.22. The summed E-state index contributed by atoms with van der Waals surface area (Å²) >= 11 is 0. The first-order valence-electron chi connectivity index (χ1n) is 11.2. The van der Waals surface area contributed by atoms with Gasteiger partial charge in [0.15, 0.2) is 11.5 Å². The number of ether oxygens (including phenoxy) is 3. The second kappa shape index (κ2) is 10.2. The average Bonchev–Trinajstić information content (AvgIpc) is 3.23. The van der Waals surface area contributed by atoms with E-state index in [2.05, 4.69) is 11.0 Å². The molecule has 0 N–H and O–H groups in total. The number of hydrogen-bond donors (Lipinski definition) is 0. The molecular weight excluding hydrogens is 380 g/mol. The van der Waals surface area contributed by atoms with Crippen LogP contribution in [0.25, 0.3) is 0 Å². The van der Waals surface area contributed by atoms with Gasteiger partial charge in [-0.15, -0.1) is 0 Å². The number of nitriles is 1. The number of likely N-dealkylation sites (tertiary alicyclic amines) is 1. The molecule has 30 heavy (non-hydrogen) atoms. The second-order valence-electron chi connectivity index (χ2n) is 8.63. The highest BCUT2D eigenvalue weighted by Crippen LogP contribution is 2.40. The molecule has 0 atom stereocenters. The number of nitrogens with zero attached hydrogens (tertiary/aromatic N) is 2. The third-order valence-corrected chi connectivity index (χ3v) is 6.04. The summed E-state index contributed by atoms with van der Waals surface area (Å²) in [7, 11) is 0. The van der Waals surface area contributed by atoms with Crippen LogP contribution >= 0.6 is 0 Å². The fraction of sp³-hybridized carbons (Fsp3) is 0.667. The summed E-state index contributed by atoms with van der Waals surface area (Å²) in [6.45, 7) is 7.88. The molecule has 1 aliphatic heterocycles. The van der Waals surface area contributed by atoms with Crippen molar-refractivity contribution in [3.63, 3.8) is 0 Å². The normalized spacial score (nSPS) is 19.4. The molecule has 0 unspecified atom stereocenters. The topological polar surface area (TPSA) is 71.8 Å². The summed E-state index contributed by atoms with van der Waals surface area (Å²) in [4.78, 5) is 13.9. The van der Waals surface area contributed by atoms with Gasteiger partial charge >= 0.3 is 5.97 Å². The van der Waals surface area contributed by atoms with E-state index in [1.165, 1.54) is 12.8 Å². The number of benzene rings is 1. The number of piperidine rings is 1. The van der Waals surface area contributed by atoms with Crippen molar-refractivity contribution in [3.05, 3.63) is 23.8 Å². The highest BCUT2D eigenvalue weighted by molar-refractivity contribution is 5.71. The van der Waals surface area contributed by atoms with Crippen molar-refractivity contribution in [3.8, 4) is 17.6 Å². The van der Waals surface area contributed by atoms with E-state index in [1.807, 2.05) is 39.0 Å². The van der Waals surface area contributed by atoms with Gasteiger partial charge in [0, 0.05) is 13.1 Å². The van der Waals surface area contributed by atoms with E-state index in [1.54, 1.807) is 0 Å². The van der Waals surface area contributed by atoms with Crippen LogP contribution in [0.1, 0.15) is 64.9 Å². The quantitative estimate of drug-likeness (QED) is 0.593. The van der Waals surface area contributed by atoms with Crippen molar-refractivity contribution in [2.24, 2.45) is 0 Å². The van der Waals surface area contributed by atoms with E-state index < -0.39 is 5.41 Å². The van der Waals surface area contributed by atoms with Gasteiger partial charge in [0.25, 0.3) is 0 Å². The second-order valence-corrected chi connectivity index (χ2v) is 8.63. The molecule has 6 heteroatoms. The highest BCUT2D eigenvalue weighted by Gasteiger charge is 2.38. The molecule has 6 nitrogen and oxygen atoms in total. The summed E-state index contributed by atoms with van der Waals surface area (Å²) in [5, 5.41) is 10.1. The molecular formula is C24H34N2O4. The zero-order chi connectivity index (χ0) is 21.6. The van der Waals surface area contributed by atoms with Gasteiger partial charge < -0.3 is 14.2 Å². The first-order chi connectivity index (χ1) is 14.5. The van der Waals surface area contributed by atoms with Gasteiger partial charge in [-0.3, -0.25) is 9.69 Å². The summed E-state index contributed by atoms with van der Waals surface area (Å²) in [6, 6.07) is 8.54. The smallest absolute Gasteiger partial charge is 0.320 e. The first kappa shape index (κ1) is 22.4. The molecule has 1 aromatic rings. The maximum atomic E-state index is 11.8. The molecule has 1 saturated heterocycles. The van der Waals surface area contributed by atoms with E-state index in [0.29, 0.717) is 32.5 Å². The number of carbonyl (C=O) groups excluding carboxylic acids is 1. The fourth-order valence-corrected chi connectivity index (χ4v) is 4.38. The molecule has 2 aliphatic rings. The molecule has 1 aliphatic carbocycles. The minimum absolute atomic E-state index is 0.0535. The van der Waals surface area contributed by atoms with Crippen LogP contribution in [0.3, 0.4) is 0 Å². The van der Waals surface area contributed by atoms with Crippen LogP contribution in [0.2, 0.25) is 0 Å². The highest BCUT2D eigenvalue weighted by atomic mass is 16.5. The number of esters is 1. The van der Waals surface area contributed by atoms with Crippen molar-refractivity contribution in [1.29, 1.82) is 5.26 Å². The van der Waals surface area contributed by atoms with Crippen molar-refractivity contribution < 1.29 is 19.0 Å². The van der Waals surface area contributed by atoms with Gasteiger partial charge in [-0.25, -0.2) is 0 Å². The summed E-state index contributed by atoms with van der Waals surface area (Å²) in [6.07, 6.45) is 6.16. The molecule has 0 amide bonds. The van der Waals surface area contributed by atoms with Crippen LogP contribution in [-0.4, -0.2) is 49.3 Å². The monoisotopic (exact) mass is 414 g/mol. The van der Waals surface area contributed by atoms with E-state index in [4.69, 9.17) is 14.2 Å². The molecule has 1 aromatic carbocycles. The van der Waals surface area contributed by atoms with Crippen LogP contribution in [0, 0.1) is 11.3 Å². The summed E-state index contributed by atoms with van der Waals surface area (Å²) < 4.78 is 17.4. The Morgan fingerprint density at radius 2 is 1.93 bits per heavy atom. The molecule has 0 spiro atoms. The van der Waals surface area contributed by atoms with E-state index in [-0.39, 0.29) is 24.7 Å². The Balaban J connectivity index is 1.77. The molecule has 1 heterocycles. The third kappa shape index (κ3) is 5.46. The Hall–Kier alpha value is -2.26. The number of rotatable bonds is 8. The summed E-state index contributed by atoms with van der Waals surface area (Å²) in [5.41, 5.74) is 0.403. The van der Waals surface area contributed by atoms with Gasteiger partial charge in [-0.05, 0) is 77.0 Å². The van der Waals surface area contributed by atoms with E-state index in [0.717, 1.165) is 29.9 Å².